The van der Waals surface area contributed by atoms with Crippen molar-refractivity contribution in [3.63, 3.8) is 0 Å². The van der Waals surface area contributed by atoms with Gasteiger partial charge >= 0.3 is 6.18 Å². The highest BCUT2D eigenvalue weighted by atomic mass is 19.4. The predicted octanol–water partition coefficient (Wildman–Crippen LogP) is 4.68. The summed E-state index contributed by atoms with van der Waals surface area (Å²) in [5.74, 6) is -2.54. The fraction of sp³-hybridized carbons (Fsp3) is 0.182. The van der Waals surface area contributed by atoms with Crippen LogP contribution in [-0.4, -0.2) is 16.6 Å². The number of pyridine rings is 1. The molecule has 1 atom stereocenters. The first kappa shape index (κ1) is 21.1. The van der Waals surface area contributed by atoms with Gasteiger partial charge in [-0.1, -0.05) is 18.2 Å². The van der Waals surface area contributed by atoms with Gasteiger partial charge in [-0.15, -0.1) is 0 Å². The Labute approximate surface area is 169 Å². The molecule has 1 aliphatic rings. The molecule has 0 saturated carbocycles. The average molecular weight is 414 g/mol. The van der Waals surface area contributed by atoms with Crippen LogP contribution >= 0.6 is 0 Å². The van der Waals surface area contributed by atoms with Crippen LogP contribution in [0.25, 0.3) is 0 Å². The normalized spacial score (nSPS) is 15.1. The molecule has 8 heteroatoms. The lowest BCUT2D eigenvalue weighted by Gasteiger charge is -2.19. The monoisotopic (exact) mass is 414 g/mol. The van der Waals surface area contributed by atoms with Crippen LogP contribution < -0.4 is 0 Å². The third-order valence-corrected chi connectivity index (χ3v) is 4.70. The maximum Gasteiger partial charge on any atom is 0.416 e. The van der Waals surface area contributed by atoms with Crippen molar-refractivity contribution in [1.29, 1.82) is 5.26 Å². The van der Waals surface area contributed by atoms with Crippen molar-refractivity contribution in [2.45, 2.75) is 24.9 Å². The first-order valence-corrected chi connectivity index (χ1v) is 8.86. The molecule has 1 aromatic carbocycles. The number of carbonyl (C=O) groups is 2. The van der Waals surface area contributed by atoms with E-state index >= 15 is 0 Å². The third kappa shape index (κ3) is 4.51. The Morgan fingerprint density at radius 3 is 2.50 bits per heavy atom. The van der Waals surface area contributed by atoms with Crippen LogP contribution in [0.3, 0.4) is 0 Å². The Morgan fingerprint density at radius 1 is 1.20 bits per heavy atom. The van der Waals surface area contributed by atoms with Gasteiger partial charge in [0.2, 0.25) is 0 Å². The summed E-state index contributed by atoms with van der Waals surface area (Å²) in [6, 6.07) is 8.33. The van der Waals surface area contributed by atoms with Crippen LogP contribution in [0.1, 0.15) is 35.6 Å². The number of Topliss-reactive ketones (excluding diaryl/α,β-unsaturated/α-hetero) is 2. The highest BCUT2D eigenvalue weighted by Gasteiger charge is 2.31. The van der Waals surface area contributed by atoms with E-state index in [-0.39, 0.29) is 35.2 Å². The topological polar surface area (TPSA) is 70.8 Å². The van der Waals surface area contributed by atoms with Gasteiger partial charge in [-0.2, -0.15) is 18.4 Å². The zero-order chi connectivity index (χ0) is 21.9. The third-order valence-electron chi connectivity index (χ3n) is 4.70. The molecule has 0 aliphatic heterocycles. The molecule has 3 rings (SSSR count). The number of hydrogen-bond acceptors (Lipinski definition) is 4. The number of halogens is 4. The predicted molar refractivity (Wildman–Crippen MR) is 98.5 cm³/mol. The molecule has 0 N–H and O–H groups in total. The summed E-state index contributed by atoms with van der Waals surface area (Å²) in [5, 5.41) is 9.00. The molecule has 0 unspecified atom stereocenters. The number of carbonyl (C=O) groups excluding carboxylic acids is 2. The second kappa shape index (κ2) is 8.41. The minimum absolute atomic E-state index is 0.0809. The molecule has 30 heavy (non-hydrogen) atoms. The summed E-state index contributed by atoms with van der Waals surface area (Å²) >= 11 is 0. The maximum absolute atomic E-state index is 14.4. The Bertz CT molecular complexity index is 1090. The van der Waals surface area contributed by atoms with E-state index in [0.717, 1.165) is 18.2 Å². The summed E-state index contributed by atoms with van der Waals surface area (Å²) < 4.78 is 53.0. The van der Waals surface area contributed by atoms with E-state index < -0.39 is 35.0 Å². The maximum atomic E-state index is 14.4. The lowest BCUT2D eigenvalue weighted by Crippen LogP contribution is -2.16. The molecule has 1 aromatic heterocycles. The van der Waals surface area contributed by atoms with Gasteiger partial charge in [0.05, 0.1) is 16.8 Å². The van der Waals surface area contributed by atoms with Gasteiger partial charge in [-0.05, 0) is 35.9 Å². The summed E-state index contributed by atoms with van der Waals surface area (Å²) in [4.78, 5) is 28.4. The van der Waals surface area contributed by atoms with Gasteiger partial charge in [0.25, 0.3) is 0 Å². The van der Waals surface area contributed by atoms with Gasteiger partial charge in [0.1, 0.15) is 11.9 Å². The number of hydrogen-bond donors (Lipinski definition) is 0. The first-order valence-electron chi connectivity index (χ1n) is 8.86. The van der Waals surface area contributed by atoms with E-state index in [0.29, 0.717) is 0 Å². The smallest absolute Gasteiger partial charge is 0.294 e. The van der Waals surface area contributed by atoms with Crippen LogP contribution in [0.15, 0.2) is 65.9 Å². The average Bonchev–Trinajstić information content (AvgIpc) is 2.72. The standard InChI is InChI=1S/C22H14F4N2O2/c23-18-2-1-9-28-21(18)17(13-3-6-16(7-4-13)22(24,25)26)11-20(30)14-5-8-19(29)15(10-14)12-27/h1-7,9-10,17H,8,11H2/t17-/m0/s1. The molecular formula is C22H14F4N2O2. The second-order valence-corrected chi connectivity index (χ2v) is 6.63. The zero-order valence-electron chi connectivity index (χ0n) is 15.4. The number of ketones is 2. The summed E-state index contributed by atoms with van der Waals surface area (Å²) in [5.41, 5.74) is -0.697. The van der Waals surface area contributed by atoms with Crippen molar-refractivity contribution in [2.75, 3.05) is 0 Å². The molecule has 1 heterocycles. The van der Waals surface area contributed by atoms with Crippen LogP contribution in [-0.2, 0) is 15.8 Å². The minimum atomic E-state index is -4.53. The zero-order valence-corrected chi connectivity index (χ0v) is 15.4. The molecule has 0 bridgehead atoms. The summed E-state index contributed by atoms with van der Waals surface area (Å²) in [6.07, 6.45) is -1.06. The Morgan fingerprint density at radius 2 is 1.90 bits per heavy atom. The molecule has 0 radical (unpaired) electrons. The SMILES string of the molecule is N#CC1=CC(C(=O)C[C@@H](c2ccc(C(F)(F)F)cc2)c2ncccc2F)=CCC1=O. The van der Waals surface area contributed by atoms with Crippen molar-refractivity contribution in [3.05, 3.63) is 88.5 Å². The van der Waals surface area contributed by atoms with Crippen LogP contribution in [0.5, 0.6) is 0 Å². The molecule has 0 amide bonds. The fourth-order valence-electron chi connectivity index (χ4n) is 3.13. The van der Waals surface area contributed by atoms with E-state index in [4.69, 9.17) is 5.26 Å². The van der Waals surface area contributed by atoms with Gasteiger partial charge in [0.15, 0.2) is 11.6 Å². The van der Waals surface area contributed by atoms with Crippen molar-refractivity contribution in [2.24, 2.45) is 0 Å². The highest BCUT2D eigenvalue weighted by Crippen LogP contribution is 2.34. The minimum Gasteiger partial charge on any atom is -0.294 e. The van der Waals surface area contributed by atoms with E-state index in [1.165, 1.54) is 36.5 Å². The van der Waals surface area contributed by atoms with E-state index in [1.807, 2.05) is 0 Å². The molecule has 0 saturated heterocycles. The molecular weight excluding hydrogens is 400 g/mol. The first-order chi connectivity index (χ1) is 14.2. The highest BCUT2D eigenvalue weighted by molar-refractivity contribution is 6.08. The van der Waals surface area contributed by atoms with Crippen LogP contribution in [0, 0.1) is 17.1 Å². The Kier molecular flexibility index (Phi) is 5.92. The van der Waals surface area contributed by atoms with E-state index in [1.54, 1.807) is 6.07 Å². The Balaban J connectivity index is 1.97. The van der Waals surface area contributed by atoms with E-state index in [2.05, 4.69) is 4.98 Å². The van der Waals surface area contributed by atoms with Crippen LogP contribution in [0.4, 0.5) is 17.6 Å². The molecule has 1 aliphatic carbocycles. The second-order valence-electron chi connectivity index (χ2n) is 6.63. The fourth-order valence-corrected chi connectivity index (χ4v) is 3.13. The Hall–Kier alpha value is -3.60. The summed E-state index contributed by atoms with van der Waals surface area (Å²) in [6.45, 7) is 0. The number of rotatable bonds is 5. The van der Waals surface area contributed by atoms with Gasteiger partial charge in [-0.3, -0.25) is 14.6 Å². The van der Waals surface area contributed by atoms with Crippen molar-refractivity contribution in [1.82, 2.24) is 4.98 Å². The van der Waals surface area contributed by atoms with Gasteiger partial charge < -0.3 is 0 Å². The molecule has 2 aromatic rings. The summed E-state index contributed by atoms with van der Waals surface area (Å²) in [7, 11) is 0. The van der Waals surface area contributed by atoms with Crippen LogP contribution in [0.2, 0.25) is 0 Å². The number of nitriles is 1. The number of aromatic nitrogens is 1. The molecule has 0 spiro atoms. The molecule has 152 valence electrons. The lowest BCUT2D eigenvalue weighted by molar-refractivity contribution is -0.137. The van der Waals surface area contributed by atoms with E-state index in [9.17, 15) is 27.2 Å². The quantitative estimate of drug-likeness (QED) is 0.666. The largest absolute Gasteiger partial charge is 0.416 e. The molecule has 4 nitrogen and oxygen atoms in total. The number of allylic oxidation sites excluding steroid dienone is 4. The van der Waals surface area contributed by atoms with Gasteiger partial charge in [-0.25, -0.2) is 4.39 Å². The van der Waals surface area contributed by atoms with Crippen molar-refractivity contribution < 1.29 is 27.2 Å². The number of alkyl halides is 3. The van der Waals surface area contributed by atoms with Crippen molar-refractivity contribution in [3.8, 4) is 6.07 Å². The molecule has 0 fully saturated rings. The van der Waals surface area contributed by atoms with Gasteiger partial charge in [0, 0.05) is 30.5 Å². The number of benzene rings is 1. The lowest BCUT2D eigenvalue weighted by atomic mass is 9.86. The van der Waals surface area contributed by atoms with Crippen molar-refractivity contribution >= 4 is 11.6 Å². The number of nitrogens with zero attached hydrogens (tertiary/aromatic N) is 2.